The third kappa shape index (κ3) is 4.76. The quantitative estimate of drug-likeness (QED) is 0.691. The first-order valence-corrected chi connectivity index (χ1v) is 9.38. The molecule has 2 saturated carbocycles. The Kier molecular flexibility index (Phi) is 6.08. The number of allylic oxidation sites excluding steroid dienone is 1. The smallest absolute Gasteiger partial charge is 0.266 e. The van der Waals surface area contributed by atoms with Gasteiger partial charge in [-0.2, -0.15) is 8.78 Å². The summed E-state index contributed by atoms with van der Waals surface area (Å²) in [6.45, 7) is 3.67. The van der Waals surface area contributed by atoms with Gasteiger partial charge in [-0.25, -0.2) is 0 Å². The monoisotopic (exact) mass is 328 g/mol. The van der Waals surface area contributed by atoms with E-state index < -0.39 is 6.08 Å². The summed E-state index contributed by atoms with van der Waals surface area (Å²) in [5, 5.41) is 0. The third-order valence-electron chi connectivity index (χ3n) is 6.42. The summed E-state index contributed by atoms with van der Waals surface area (Å²) in [4.78, 5) is 0. The highest BCUT2D eigenvalue weighted by atomic mass is 19.3. The molecule has 2 nitrogen and oxygen atoms in total. The van der Waals surface area contributed by atoms with Gasteiger partial charge in [0.2, 0.25) is 0 Å². The maximum absolute atomic E-state index is 12.4. The minimum atomic E-state index is -1.50. The Bertz CT molecular complexity index is 384. The molecule has 23 heavy (non-hydrogen) atoms. The molecular formula is C19H30F2O2. The van der Waals surface area contributed by atoms with E-state index in [2.05, 4.69) is 0 Å². The second kappa shape index (κ2) is 8.06. The lowest BCUT2D eigenvalue weighted by Gasteiger charge is -2.40. The maximum atomic E-state index is 12.4. The van der Waals surface area contributed by atoms with Crippen molar-refractivity contribution >= 4 is 0 Å². The van der Waals surface area contributed by atoms with Crippen molar-refractivity contribution in [2.24, 2.45) is 29.6 Å². The second-order valence-corrected chi connectivity index (χ2v) is 7.80. The molecule has 1 saturated heterocycles. The average Bonchev–Trinajstić information content (AvgIpc) is 2.56. The number of halogens is 2. The second-order valence-electron chi connectivity index (χ2n) is 7.80. The fourth-order valence-corrected chi connectivity index (χ4v) is 4.94. The number of ether oxygens (including phenoxy) is 2. The standard InChI is InChI=1S/C19H30F2O2/c1-13-22-11-18(12-23-13)17-8-6-16(7-9-17)15-4-2-14(3-5-15)10-19(20)21/h10,13-18H,2-9,11-12H2,1H3. The molecule has 2 aliphatic carbocycles. The molecule has 4 heteroatoms. The molecule has 0 aromatic rings. The van der Waals surface area contributed by atoms with Crippen molar-refractivity contribution in [2.75, 3.05) is 13.2 Å². The first-order valence-electron chi connectivity index (χ1n) is 9.38. The Balaban J connectivity index is 1.40. The summed E-state index contributed by atoms with van der Waals surface area (Å²) in [6, 6.07) is 0. The van der Waals surface area contributed by atoms with Crippen LogP contribution in [0.3, 0.4) is 0 Å². The molecule has 132 valence electrons. The van der Waals surface area contributed by atoms with E-state index in [4.69, 9.17) is 9.47 Å². The first kappa shape index (κ1) is 17.3. The van der Waals surface area contributed by atoms with Crippen molar-refractivity contribution in [2.45, 2.75) is 64.6 Å². The predicted octanol–water partition coefficient (Wildman–Crippen LogP) is 5.39. The first-order chi connectivity index (χ1) is 11.1. The van der Waals surface area contributed by atoms with Gasteiger partial charge in [0.25, 0.3) is 6.08 Å². The van der Waals surface area contributed by atoms with Gasteiger partial charge in [0, 0.05) is 5.92 Å². The van der Waals surface area contributed by atoms with Crippen LogP contribution in [-0.2, 0) is 9.47 Å². The Morgan fingerprint density at radius 1 is 0.739 bits per heavy atom. The zero-order chi connectivity index (χ0) is 16.2. The lowest BCUT2D eigenvalue weighted by atomic mass is 9.67. The van der Waals surface area contributed by atoms with Crippen LogP contribution in [0.25, 0.3) is 0 Å². The highest BCUT2D eigenvalue weighted by Gasteiger charge is 2.34. The van der Waals surface area contributed by atoms with Gasteiger partial charge in [-0.1, -0.05) is 0 Å². The average molecular weight is 328 g/mol. The Morgan fingerprint density at radius 3 is 1.65 bits per heavy atom. The van der Waals surface area contributed by atoms with Crippen molar-refractivity contribution in [3.63, 3.8) is 0 Å². The topological polar surface area (TPSA) is 18.5 Å². The maximum Gasteiger partial charge on any atom is 0.266 e. The van der Waals surface area contributed by atoms with Crippen molar-refractivity contribution in [1.29, 1.82) is 0 Å². The summed E-state index contributed by atoms with van der Waals surface area (Å²) in [6.07, 6.45) is 8.99. The van der Waals surface area contributed by atoms with Gasteiger partial charge < -0.3 is 9.47 Å². The van der Waals surface area contributed by atoms with E-state index in [0.29, 0.717) is 5.92 Å². The fourth-order valence-electron chi connectivity index (χ4n) is 4.94. The van der Waals surface area contributed by atoms with Gasteiger partial charge in [0.05, 0.1) is 13.2 Å². The predicted molar refractivity (Wildman–Crippen MR) is 86.1 cm³/mol. The van der Waals surface area contributed by atoms with Gasteiger partial charge in [-0.3, -0.25) is 0 Å². The highest BCUT2D eigenvalue weighted by molar-refractivity contribution is 4.92. The van der Waals surface area contributed by atoms with Crippen LogP contribution >= 0.6 is 0 Å². The van der Waals surface area contributed by atoms with Crippen molar-refractivity contribution in [3.8, 4) is 0 Å². The van der Waals surface area contributed by atoms with Gasteiger partial charge in [-0.05, 0) is 88.0 Å². The van der Waals surface area contributed by atoms with Crippen molar-refractivity contribution in [3.05, 3.63) is 12.2 Å². The van der Waals surface area contributed by atoms with E-state index in [1.807, 2.05) is 6.92 Å². The molecule has 1 heterocycles. The summed E-state index contributed by atoms with van der Waals surface area (Å²) in [7, 11) is 0. The lowest BCUT2D eigenvalue weighted by Crippen LogP contribution is -2.37. The molecule has 0 amide bonds. The third-order valence-corrected chi connectivity index (χ3v) is 6.42. The molecule has 0 aromatic heterocycles. The number of hydrogen-bond acceptors (Lipinski definition) is 2. The van der Waals surface area contributed by atoms with Crippen LogP contribution in [0.1, 0.15) is 58.3 Å². The molecular weight excluding hydrogens is 298 g/mol. The molecule has 0 atom stereocenters. The minimum Gasteiger partial charge on any atom is -0.353 e. The Morgan fingerprint density at radius 2 is 1.17 bits per heavy atom. The van der Waals surface area contributed by atoms with Crippen LogP contribution in [0.2, 0.25) is 0 Å². The summed E-state index contributed by atoms with van der Waals surface area (Å²) in [5.74, 6) is 3.02. The van der Waals surface area contributed by atoms with Crippen LogP contribution < -0.4 is 0 Å². The SMILES string of the molecule is CC1OCC(C2CCC(C3CCC(C=C(F)F)CC3)CC2)CO1. The van der Waals surface area contributed by atoms with Crippen LogP contribution in [0.5, 0.6) is 0 Å². The number of rotatable bonds is 3. The lowest BCUT2D eigenvalue weighted by molar-refractivity contribution is -0.200. The Labute approximate surface area is 138 Å². The van der Waals surface area contributed by atoms with E-state index >= 15 is 0 Å². The molecule has 0 N–H and O–H groups in total. The largest absolute Gasteiger partial charge is 0.353 e. The van der Waals surface area contributed by atoms with Crippen LogP contribution in [0.15, 0.2) is 12.2 Å². The van der Waals surface area contributed by atoms with E-state index in [-0.39, 0.29) is 12.2 Å². The molecule has 0 radical (unpaired) electrons. The van der Waals surface area contributed by atoms with Gasteiger partial charge in [0.15, 0.2) is 6.29 Å². The van der Waals surface area contributed by atoms with E-state index in [0.717, 1.165) is 56.7 Å². The van der Waals surface area contributed by atoms with Crippen LogP contribution in [0, 0.1) is 29.6 Å². The molecule has 1 aliphatic heterocycles. The van der Waals surface area contributed by atoms with Gasteiger partial charge in [-0.15, -0.1) is 0 Å². The van der Waals surface area contributed by atoms with E-state index in [1.54, 1.807) is 0 Å². The van der Waals surface area contributed by atoms with Crippen LogP contribution in [-0.4, -0.2) is 19.5 Å². The van der Waals surface area contributed by atoms with Gasteiger partial charge in [0.1, 0.15) is 0 Å². The molecule has 0 spiro atoms. The molecule has 0 unspecified atom stereocenters. The minimum absolute atomic E-state index is 0.0408. The van der Waals surface area contributed by atoms with E-state index in [1.165, 1.54) is 31.8 Å². The molecule has 3 aliphatic rings. The Hall–Kier alpha value is -0.480. The zero-order valence-electron chi connectivity index (χ0n) is 14.2. The molecule has 0 bridgehead atoms. The molecule has 3 fully saturated rings. The summed E-state index contributed by atoms with van der Waals surface area (Å²) >= 11 is 0. The molecule has 0 aromatic carbocycles. The zero-order valence-corrected chi connectivity index (χ0v) is 14.2. The summed E-state index contributed by atoms with van der Waals surface area (Å²) < 4.78 is 36.0. The summed E-state index contributed by atoms with van der Waals surface area (Å²) in [5.41, 5.74) is 0. The number of hydrogen-bond donors (Lipinski definition) is 0. The van der Waals surface area contributed by atoms with Gasteiger partial charge >= 0.3 is 0 Å². The molecule has 3 rings (SSSR count). The van der Waals surface area contributed by atoms with Crippen molar-refractivity contribution in [1.82, 2.24) is 0 Å². The highest BCUT2D eigenvalue weighted by Crippen LogP contribution is 2.43. The van der Waals surface area contributed by atoms with Crippen LogP contribution in [0.4, 0.5) is 8.78 Å². The normalized spacial score (nSPS) is 42.2. The van der Waals surface area contributed by atoms with E-state index in [9.17, 15) is 8.78 Å². The fraction of sp³-hybridized carbons (Fsp3) is 0.895. The van der Waals surface area contributed by atoms with Crippen molar-refractivity contribution < 1.29 is 18.3 Å².